The van der Waals surface area contributed by atoms with E-state index in [2.05, 4.69) is 10.4 Å². The Kier molecular flexibility index (Phi) is 5.91. The summed E-state index contributed by atoms with van der Waals surface area (Å²) in [6.07, 6.45) is -1.33. The number of aryl methyl sites for hydroxylation is 1. The first-order valence-electron chi connectivity index (χ1n) is 8.97. The molecule has 0 aliphatic rings. The number of anilines is 1. The fraction of sp³-hybridized carbons (Fsp3) is 0.190. The van der Waals surface area contributed by atoms with Gasteiger partial charge in [0.05, 0.1) is 22.8 Å². The normalized spacial score (nSPS) is 11.8. The first kappa shape index (κ1) is 21.1. The van der Waals surface area contributed by atoms with Crippen LogP contribution in [0.2, 0.25) is 0 Å². The predicted molar refractivity (Wildman–Crippen MR) is 103 cm³/mol. The Morgan fingerprint density at radius 3 is 2.37 bits per heavy atom. The van der Waals surface area contributed by atoms with Crippen LogP contribution in [0, 0.1) is 31.3 Å². The Bertz CT molecular complexity index is 1110. The van der Waals surface area contributed by atoms with Gasteiger partial charge in [-0.1, -0.05) is 18.2 Å². The van der Waals surface area contributed by atoms with Crippen LogP contribution in [-0.2, 0) is 9.53 Å². The highest BCUT2D eigenvalue weighted by molar-refractivity contribution is 5.98. The highest BCUT2D eigenvalue weighted by Crippen LogP contribution is 2.21. The number of para-hydroxylation sites is 1. The number of carbonyl (C=O) groups is 2. The zero-order valence-electron chi connectivity index (χ0n) is 16.4. The van der Waals surface area contributed by atoms with Crippen LogP contribution in [0.15, 0.2) is 42.5 Å². The van der Waals surface area contributed by atoms with Crippen LogP contribution in [0.4, 0.5) is 18.9 Å². The molecule has 0 aliphatic carbocycles. The van der Waals surface area contributed by atoms with Gasteiger partial charge in [-0.15, -0.1) is 0 Å². The van der Waals surface area contributed by atoms with E-state index >= 15 is 0 Å². The summed E-state index contributed by atoms with van der Waals surface area (Å²) in [5.74, 6) is -6.33. The molecule has 0 fully saturated rings. The molecular weight excluding hydrogens is 399 g/mol. The van der Waals surface area contributed by atoms with Crippen molar-refractivity contribution in [3.63, 3.8) is 0 Å². The number of ether oxygens (including phenoxy) is 1. The molecule has 0 bridgehead atoms. The maximum absolute atomic E-state index is 13.7. The molecule has 1 heterocycles. The van der Waals surface area contributed by atoms with Gasteiger partial charge in [-0.3, -0.25) is 4.79 Å². The van der Waals surface area contributed by atoms with Crippen LogP contribution in [0.25, 0.3) is 5.69 Å². The standard InChI is InChI=1S/C21H18F3N3O3/c1-11-17(12(2)27(26-11)14-7-5-4-6-8-14)21(29)30-13(3)20(28)25-16-10-9-15(22)18(23)19(16)24/h4-10,13H,1-3H3,(H,25,28)/t13-/m0/s1. The van der Waals surface area contributed by atoms with E-state index in [1.165, 1.54) is 6.92 Å². The smallest absolute Gasteiger partial charge is 0.342 e. The number of halogens is 3. The van der Waals surface area contributed by atoms with Gasteiger partial charge in [-0.25, -0.2) is 22.6 Å². The van der Waals surface area contributed by atoms with E-state index in [1.54, 1.807) is 18.5 Å². The average Bonchev–Trinajstić information content (AvgIpc) is 3.03. The number of hydrogen-bond donors (Lipinski definition) is 1. The Morgan fingerprint density at radius 1 is 1.03 bits per heavy atom. The summed E-state index contributed by atoms with van der Waals surface area (Å²) in [6, 6.07) is 10.7. The summed E-state index contributed by atoms with van der Waals surface area (Å²) in [5.41, 5.74) is 1.30. The van der Waals surface area contributed by atoms with Crippen molar-refractivity contribution in [3.8, 4) is 5.69 Å². The molecule has 156 valence electrons. The number of nitrogens with zero attached hydrogens (tertiary/aromatic N) is 2. The molecule has 2 aromatic carbocycles. The van der Waals surface area contributed by atoms with E-state index < -0.39 is 41.1 Å². The number of hydrogen-bond acceptors (Lipinski definition) is 4. The van der Waals surface area contributed by atoms with Gasteiger partial charge in [0.1, 0.15) is 5.56 Å². The fourth-order valence-corrected chi connectivity index (χ4v) is 2.89. The topological polar surface area (TPSA) is 73.2 Å². The molecule has 0 spiro atoms. The van der Waals surface area contributed by atoms with Gasteiger partial charge in [0, 0.05) is 0 Å². The maximum Gasteiger partial charge on any atom is 0.342 e. The van der Waals surface area contributed by atoms with Crippen LogP contribution in [-0.4, -0.2) is 27.8 Å². The van der Waals surface area contributed by atoms with Crippen LogP contribution in [0.3, 0.4) is 0 Å². The second-order valence-electron chi connectivity index (χ2n) is 6.55. The lowest BCUT2D eigenvalue weighted by Gasteiger charge is -2.14. The number of carbonyl (C=O) groups excluding carboxylic acids is 2. The third-order valence-corrected chi connectivity index (χ3v) is 4.44. The average molecular weight is 417 g/mol. The summed E-state index contributed by atoms with van der Waals surface area (Å²) in [4.78, 5) is 24.9. The van der Waals surface area contributed by atoms with Gasteiger partial charge in [0.25, 0.3) is 5.91 Å². The Hall–Kier alpha value is -3.62. The van der Waals surface area contributed by atoms with Crippen molar-refractivity contribution in [1.29, 1.82) is 0 Å². The summed E-state index contributed by atoms with van der Waals surface area (Å²) < 4.78 is 46.8. The van der Waals surface area contributed by atoms with Crippen molar-refractivity contribution in [2.45, 2.75) is 26.9 Å². The lowest BCUT2D eigenvalue weighted by Crippen LogP contribution is -2.30. The van der Waals surface area contributed by atoms with E-state index in [0.717, 1.165) is 11.8 Å². The molecule has 9 heteroatoms. The van der Waals surface area contributed by atoms with Crippen LogP contribution in [0.1, 0.15) is 28.7 Å². The molecule has 0 saturated heterocycles. The zero-order valence-corrected chi connectivity index (χ0v) is 16.4. The third-order valence-electron chi connectivity index (χ3n) is 4.44. The number of benzene rings is 2. The quantitative estimate of drug-likeness (QED) is 0.501. The lowest BCUT2D eigenvalue weighted by atomic mass is 10.2. The van der Waals surface area contributed by atoms with Gasteiger partial charge < -0.3 is 10.1 Å². The first-order valence-corrected chi connectivity index (χ1v) is 8.97. The molecule has 1 atom stereocenters. The number of aromatic nitrogens is 2. The molecule has 1 N–H and O–H groups in total. The fourth-order valence-electron chi connectivity index (χ4n) is 2.89. The molecule has 3 rings (SSSR count). The van der Waals surface area contributed by atoms with Gasteiger partial charge in [0.2, 0.25) is 0 Å². The third kappa shape index (κ3) is 4.05. The van der Waals surface area contributed by atoms with Crippen molar-refractivity contribution in [1.82, 2.24) is 9.78 Å². The molecule has 6 nitrogen and oxygen atoms in total. The van der Waals surface area contributed by atoms with Crippen LogP contribution < -0.4 is 5.32 Å². The van der Waals surface area contributed by atoms with Crippen LogP contribution >= 0.6 is 0 Å². The van der Waals surface area contributed by atoms with E-state index in [9.17, 15) is 22.8 Å². The highest BCUT2D eigenvalue weighted by atomic mass is 19.2. The van der Waals surface area contributed by atoms with Gasteiger partial charge in [0.15, 0.2) is 23.6 Å². The Morgan fingerprint density at radius 2 is 1.70 bits per heavy atom. The van der Waals surface area contributed by atoms with Gasteiger partial charge >= 0.3 is 5.97 Å². The molecule has 30 heavy (non-hydrogen) atoms. The molecular formula is C21H18F3N3O3. The van der Waals surface area contributed by atoms with E-state index in [-0.39, 0.29) is 5.56 Å². The number of esters is 1. The lowest BCUT2D eigenvalue weighted by molar-refractivity contribution is -0.123. The first-order chi connectivity index (χ1) is 14.2. The highest BCUT2D eigenvalue weighted by Gasteiger charge is 2.26. The molecule has 0 saturated carbocycles. The van der Waals surface area contributed by atoms with Crippen molar-refractivity contribution >= 4 is 17.6 Å². The van der Waals surface area contributed by atoms with Crippen molar-refractivity contribution in [2.24, 2.45) is 0 Å². The van der Waals surface area contributed by atoms with E-state index in [1.807, 2.05) is 30.3 Å². The van der Waals surface area contributed by atoms with Crippen LogP contribution in [0.5, 0.6) is 0 Å². The minimum Gasteiger partial charge on any atom is -0.449 e. The minimum atomic E-state index is -1.71. The molecule has 0 radical (unpaired) electrons. The zero-order chi connectivity index (χ0) is 22.0. The minimum absolute atomic E-state index is 0.192. The summed E-state index contributed by atoms with van der Waals surface area (Å²) >= 11 is 0. The second-order valence-corrected chi connectivity index (χ2v) is 6.55. The van der Waals surface area contributed by atoms with Gasteiger partial charge in [-0.2, -0.15) is 5.10 Å². The number of nitrogens with one attached hydrogen (secondary N) is 1. The number of rotatable bonds is 5. The van der Waals surface area contributed by atoms with Crippen molar-refractivity contribution < 1.29 is 27.5 Å². The monoisotopic (exact) mass is 417 g/mol. The Balaban J connectivity index is 1.75. The van der Waals surface area contributed by atoms with E-state index in [4.69, 9.17) is 4.74 Å². The largest absolute Gasteiger partial charge is 0.449 e. The molecule has 1 amide bonds. The molecule has 0 aliphatic heterocycles. The predicted octanol–water partition coefficient (Wildman–Crippen LogP) is 4.09. The summed E-state index contributed by atoms with van der Waals surface area (Å²) in [5, 5.41) is 6.42. The molecule has 3 aromatic rings. The second kappa shape index (κ2) is 8.40. The van der Waals surface area contributed by atoms with Gasteiger partial charge in [-0.05, 0) is 45.0 Å². The van der Waals surface area contributed by atoms with E-state index in [0.29, 0.717) is 17.5 Å². The maximum atomic E-state index is 13.7. The summed E-state index contributed by atoms with van der Waals surface area (Å²) in [6.45, 7) is 4.59. The summed E-state index contributed by atoms with van der Waals surface area (Å²) in [7, 11) is 0. The van der Waals surface area contributed by atoms with Crippen molar-refractivity contribution in [3.05, 3.63) is 76.9 Å². The Labute approximate surface area is 170 Å². The molecule has 0 unspecified atom stereocenters. The van der Waals surface area contributed by atoms with Crippen molar-refractivity contribution in [2.75, 3.05) is 5.32 Å². The SMILES string of the molecule is Cc1nn(-c2ccccc2)c(C)c1C(=O)O[C@@H](C)C(=O)Nc1ccc(F)c(F)c1F. The number of amides is 1. The molecule has 1 aromatic heterocycles.